The van der Waals surface area contributed by atoms with Gasteiger partial charge >= 0.3 is 0 Å². The fraction of sp³-hybridized carbons (Fsp3) is 0.917. The lowest BCUT2D eigenvalue weighted by Gasteiger charge is -2.08. The van der Waals surface area contributed by atoms with Crippen LogP contribution in [0.1, 0.15) is 59.3 Å². The van der Waals surface area contributed by atoms with Crippen molar-refractivity contribution in [2.45, 2.75) is 59.3 Å². The molecule has 0 saturated carbocycles. The van der Waals surface area contributed by atoms with Crippen LogP contribution in [0, 0.1) is 5.92 Å². The van der Waals surface area contributed by atoms with Gasteiger partial charge in [0.15, 0.2) is 0 Å². The van der Waals surface area contributed by atoms with E-state index in [4.69, 9.17) is 0 Å². The van der Waals surface area contributed by atoms with Crippen LogP contribution in [0.3, 0.4) is 0 Å². The minimum absolute atomic E-state index is 0.119. The van der Waals surface area contributed by atoms with E-state index in [1.807, 2.05) is 0 Å². The number of amides is 1. The molecule has 90 valence electrons. The van der Waals surface area contributed by atoms with Crippen LogP contribution in [-0.2, 0) is 4.79 Å². The monoisotopic (exact) mass is 214 g/mol. The first-order valence-corrected chi connectivity index (χ1v) is 6.18. The summed E-state index contributed by atoms with van der Waals surface area (Å²) in [5, 5.41) is 0. The molecule has 0 aliphatic rings. The number of nitrogens with one attached hydrogen (secondary N) is 2. The van der Waals surface area contributed by atoms with Crippen LogP contribution in [0.15, 0.2) is 0 Å². The van der Waals surface area contributed by atoms with Crippen molar-refractivity contribution in [1.29, 1.82) is 0 Å². The second-order valence-electron chi connectivity index (χ2n) is 4.47. The molecule has 0 rings (SSSR count). The second kappa shape index (κ2) is 9.97. The molecule has 0 bridgehead atoms. The number of rotatable bonds is 9. The van der Waals surface area contributed by atoms with Crippen LogP contribution in [0.2, 0.25) is 0 Å². The molecular formula is C12H26N2O. The number of hydrogen-bond donors (Lipinski definition) is 2. The van der Waals surface area contributed by atoms with Crippen LogP contribution in [-0.4, -0.2) is 12.5 Å². The maximum absolute atomic E-state index is 11.2. The molecule has 1 amide bonds. The Morgan fingerprint density at radius 3 is 2.53 bits per heavy atom. The number of unbranched alkanes of at least 4 members (excludes halogenated alkanes) is 2. The van der Waals surface area contributed by atoms with Crippen LogP contribution in [0.5, 0.6) is 0 Å². The van der Waals surface area contributed by atoms with Crippen molar-refractivity contribution in [3.63, 3.8) is 0 Å². The van der Waals surface area contributed by atoms with Gasteiger partial charge in [0.2, 0.25) is 5.91 Å². The smallest absolute Gasteiger partial charge is 0.234 e. The molecule has 0 radical (unpaired) electrons. The van der Waals surface area contributed by atoms with Gasteiger partial charge in [-0.25, -0.2) is 5.43 Å². The maximum atomic E-state index is 11.2. The zero-order valence-electron chi connectivity index (χ0n) is 10.4. The van der Waals surface area contributed by atoms with Crippen molar-refractivity contribution >= 4 is 5.91 Å². The third-order valence-electron chi connectivity index (χ3n) is 2.32. The molecule has 0 atom stereocenters. The molecule has 0 spiro atoms. The fourth-order valence-corrected chi connectivity index (χ4v) is 1.36. The topological polar surface area (TPSA) is 41.1 Å². The van der Waals surface area contributed by atoms with Gasteiger partial charge in [0.1, 0.15) is 0 Å². The van der Waals surface area contributed by atoms with Gasteiger partial charge in [0.05, 0.1) is 0 Å². The van der Waals surface area contributed by atoms with E-state index in [0.29, 0.717) is 6.42 Å². The van der Waals surface area contributed by atoms with Gasteiger partial charge in [0, 0.05) is 13.0 Å². The molecule has 15 heavy (non-hydrogen) atoms. The summed E-state index contributed by atoms with van der Waals surface area (Å²) in [4.78, 5) is 11.2. The molecule has 0 aromatic rings. The van der Waals surface area contributed by atoms with E-state index in [2.05, 4.69) is 31.6 Å². The molecule has 3 heteroatoms. The summed E-state index contributed by atoms with van der Waals surface area (Å²) >= 11 is 0. The van der Waals surface area contributed by atoms with Gasteiger partial charge in [-0.05, 0) is 25.2 Å². The van der Waals surface area contributed by atoms with Gasteiger partial charge in [-0.3, -0.25) is 10.2 Å². The molecule has 0 aromatic carbocycles. The number of carbonyl (C=O) groups excluding carboxylic acids is 1. The SMILES string of the molecule is CCCCCC(=O)NNCCCC(C)C. The maximum Gasteiger partial charge on any atom is 0.234 e. The van der Waals surface area contributed by atoms with Crippen LogP contribution >= 0.6 is 0 Å². The Bertz CT molecular complexity index is 158. The fourth-order valence-electron chi connectivity index (χ4n) is 1.36. The summed E-state index contributed by atoms with van der Waals surface area (Å²) in [6, 6.07) is 0. The van der Waals surface area contributed by atoms with Crippen LogP contribution in [0.4, 0.5) is 0 Å². The van der Waals surface area contributed by atoms with Gasteiger partial charge < -0.3 is 0 Å². The predicted molar refractivity (Wildman–Crippen MR) is 64.4 cm³/mol. The summed E-state index contributed by atoms with van der Waals surface area (Å²) in [7, 11) is 0. The molecule has 2 N–H and O–H groups in total. The Kier molecular flexibility index (Phi) is 9.59. The lowest BCUT2D eigenvalue weighted by Crippen LogP contribution is -2.37. The van der Waals surface area contributed by atoms with E-state index < -0.39 is 0 Å². The molecule has 0 heterocycles. The summed E-state index contributed by atoms with van der Waals surface area (Å²) in [6.45, 7) is 7.44. The van der Waals surface area contributed by atoms with Gasteiger partial charge in [-0.15, -0.1) is 0 Å². The number of hydrogen-bond acceptors (Lipinski definition) is 2. The highest BCUT2D eigenvalue weighted by atomic mass is 16.2. The minimum Gasteiger partial charge on any atom is -0.292 e. The van der Waals surface area contributed by atoms with E-state index in [9.17, 15) is 4.79 Å². The Morgan fingerprint density at radius 1 is 1.20 bits per heavy atom. The Hall–Kier alpha value is -0.570. The first kappa shape index (κ1) is 14.4. The Labute approximate surface area is 94.0 Å². The largest absolute Gasteiger partial charge is 0.292 e. The van der Waals surface area contributed by atoms with E-state index in [-0.39, 0.29) is 5.91 Å². The molecular weight excluding hydrogens is 188 g/mol. The molecule has 0 fully saturated rings. The highest BCUT2D eigenvalue weighted by Crippen LogP contribution is 2.01. The third-order valence-corrected chi connectivity index (χ3v) is 2.32. The van der Waals surface area contributed by atoms with E-state index in [1.54, 1.807) is 0 Å². The predicted octanol–water partition coefficient (Wildman–Crippen LogP) is 2.62. The molecule has 0 unspecified atom stereocenters. The van der Waals surface area contributed by atoms with E-state index in [1.165, 1.54) is 6.42 Å². The van der Waals surface area contributed by atoms with Crippen molar-refractivity contribution < 1.29 is 4.79 Å². The van der Waals surface area contributed by atoms with Crippen LogP contribution < -0.4 is 10.9 Å². The van der Waals surface area contributed by atoms with Crippen molar-refractivity contribution in [3.05, 3.63) is 0 Å². The molecule has 0 aromatic heterocycles. The normalized spacial score (nSPS) is 10.7. The zero-order valence-corrected chi connectivity index (χ0v) is 10.4. The van der Waals surface area contributed by atoms with Crippen molar-refractivity contribution in [3.8, 4) is 0 Å². The molecule has 0 aliphatic heterocycles. The average Bonchev–Trinajstić information content (AvgIpc) is 2.17. The highest BCUT2D eigenvalue weighted by Gasteiger charge is 1.99. The summed E-state index contributed by atoms with van der Waals surface area (Å²) in [6.07, 6.45) is 6.27. The van der Waals surface area contributed by atoms with Gasteiger partial charge in [-0.2, -0.15) is 0 Å². The Morgan fingerprint density at radius 2 is 1.93 bits per heavy atom. The highest BCUT2D eigenvalue weighted by molar-refractivity contribution is 5.75. The molecule has 3 nitrogen and oxygen atoms in total. The van der Waals surface area contributed by atoms with Crippen molar-refractivity contribution in [2.75, 3.05) is 6.54 Å². The lowest BCUT2D eigenvalue weighted by atomic mass is 10.1. The average molecular weight is 214 g/mol. The summed E-state index contributed by atoms with van der Waals surface area (Å²) in [5.41, 5.74) is 5.69. The van der Waals surface area contributed by atoms with Crippen LogP contribution in [0.25, 0.3) is 0 Å². The lowest BCUT2D eigenvalue weighted by molar-refractivity contribution is -0.122. The standard InChI is InChI=1S/C12H26N2O/c1-4-5-6-9-12(15)14-13-10-7-8-11(2)3/h11,13H,4-10H2,1-3H3,(H,14,15). The minimum atomic E-state index is 0.119. The molecule has 0 saturated heterocycles. The first-order chi connectivity index (χ1) is 7.16. The molecule has 0 aliphatic carbocycles. The van der Waals surface area contributed by atoms with Gasteiger partial charge in [0.25, 0.3) is 0 Å². The van der Waals surface area contributed by atoms with Crippen molar-refractivity contribution in [2.24, 2.45) is 5.92 Å². The summed E-state index contributed by atoms with van der Waals surface area (Å²) in [5.74, 6) is 0.861. The van der Waals surface area contributed by atoms with E-state index in [0.717, 1.165) is 38.1 Å². The summed E-state index contributed by atoms with van der Waals surface area (Å²) < 4.78 is 0. The first-order valence-electron chi connectivity index (χ1n) is 6.18. The quantitative estimate of drug-likeness (QED) is 0.457. The second-order valence-corrected chi connectivity index (χ2v) is 4.47. The van der Waals surface area contributed by atoms with E-state index >= 15 is 0 Å². The van der Waals surface area contributed by atoms with Crippen molar-refractivity contribution in [1.82, 2.24) is 10.9 Å². The number of carbonyl (C=O) groups is 1. The van der Waals surface area contributed by atoms with Gasteiger partial charge in [-0.1, -0.05) is 33.6 Å². The third kappa shape index (κ3) is 11.4. The Balaban J connectivity index is 3.17. The zero-order chi connectivity index (χ0) is 11.5. The number of hydrazine groups is 1.